The topological polar surface area (TPSA) is 66.7 Å². The molecule has 2 aromatic heterocycles. The van der Waals surface area contributed by atoms with Crippen molar-refractivity contribution in [3.63, 3.8) is 0 Å². The number of carbonyl (C=O) groups is 2. The lowest BCUT2D eigenvalue weighted by Gasteiger charge is -2.17. The highest BCUT2D eigenvalue weighted by molar-refractivity contribution is 9.10. The van der Waals surface area contributed by atoms with Gasteiger partial charge in [0.2, 0.25) is 11.8 Å². The second kappa shape index (κ2) is 7.44. The van der Waals surface area contributed by atoms with Crippen LogP contribution >= 0.6 is 31.9 Å². The Balaban J connectivity index is 1.40. The standard InChI is InChI=1S/C19H16Br2N4O2/c20-13-2-1-3-16(7-13)25-9-12(6-18(25)26)19(27)22-8-15-11-24-10-14(21)4-5-17(24)23-15/h1-5,7,10-12H,6,8-9H2,(H,22,27). The van der Waals surface area contributed by atoms with Crippen LogP contribution < -0.4 is 10.2 Å². The lowest BCUT2D eigenvalue weighted by Crippen LogP contribution is -2.32. The summed E-state index contributed by atoms with van der Waals surface area (Å²) in [5.41, 5.74) is 2.39. The van der Waals surface area contributed by atoms with E-state index >= 15 is 0 Å². The lowest BCUT2D eigenvalue weighted by molar-refractivity contribution is -0.126. The molecule has 0 bridgehead atoms. The van der Waals surface area contributed by atoms with Gasteiger partial charge in [-0.15, -0.1) is 0 Å². The first-order valence-electron chi connectivity index (χ1n) is 8.46. The Morgan fingerprint density at radius 2 is 2.04 bits per heavy atom. The number of amides is 2. The molecule has 0 saturated carbocycles. The predicted molar refractivity (Wildman–Crippen MR) is 109 cm³/mol. The summed E-state index contributed by atoms with van der Waals surface area (Å²) in [7, 11) is 0. The van der Waals surface area contributed by atoms with Crippen molar-refractivity contribution >= 4 is 55.0 Å². The maximum Gasteiger partial charge on any atom is 0.227 e. The molecule has 3 aromatic rings. The van der Waals surface area contributed by atoms with Crippen LogP contribution in [0, 0.1) is 5.92 Å². The molecule has 6 nitrogen and oxygen atoms in total. The number of fused-ring (bicyclic) bond motifs is 1. The maximum atomic E-state index is 12.5. The highest BCUT2D eigenvalue weighted by Gasteiger charge is 2.35. The van der Waals surface area contributed by atoms with Crippen LogP contribution in [0.4, 0.5) is 5.69 Å². The van der Waals surface area contributed by atoms with E-state index in [0.717, 1.165) is 26.0 Å². The number of nitrogens with zero attached hydrogens (tertiary/aromatic N) is 3. The fourth-order valence-electron chi connectivity index (χ4n) is 3.20. The van der Waals surface area contributed by atoms with Crippen molar-refractivity contribution in [3.05, 3.63) is 63.4 Å². The third-order valence-electron chi connectivity index (χ3n) is 4.52. The molecule has 138 valence electrons. The molecule has 3 heterocycles. The second-order valence-electron chi connectivity index (χ2n) is 6.45. The molecule has 8 heteroatoms. The largest absolute Gasteiger partial charge is 0.350 e. The average Bonchev–Trinajstić information content (AvgIpc) is 3.22. The number of pyridine rings is 1. The third kappa shape index (κ3) is 3.91. The van der Waals surface area contributed by atoms with Crippen molar-refractivity contribution in [2.45, 2.75) is 13.0 Å². The lowest BCUT2D eigenvalue weighted by atomic mass is 10.1. The van der Waals surface area contributed by atoms with Gasteiger partial charge in [0, 0.05) is 40.0 Å². The SMILES string of the molecule is O=C(NCc1cn2cc(Br)ccc2n1)C1CC(=O)N(c2cccc(Br)c2)C1. The molecule has 0 radical (unpaired) electrons. The molecular formula is C19H16Br2N4O2. The molecule has 0 spiro atoms. The fourth-order valence-corrected chi connectivity index (χ4v) is 3.94. The van der Waals surface area contributed by atoms with Crippen LogP contribution in [0.5, 0.6) is 0 Å². The predicted octanol–water partition coefficient (Wildman–Crippen LogP) is 3.53. The molecule has 1 unspecified atom stereocenters. The van der Waals surface area contributed by atoms with Crippen LogP contribution in [0.3, 0.4) is 0 Å². The highest BCUT2D eigenvalue weighted by atomic mass is 79.9. The van der Waals surface area contributed by atoms with Gasteiger partial charge in [0.15, 0.2) is 0 Å². The minimum absolute atomic E-state index is 0.0363. The van der Waals surface area contributed by atoms with Crippen LogP contribution in [0.15, 0.2) is 57.7 Å². The number of carbonyl (C=O) groups excluding carboxylic acids is 2. The van der Waals surface area contributed by atoms with Gasteiger partial charge in [-0.25, -0.2) is 4.98 Å². The first-order valence-corrected chi connectivity index (χ1v) is 10.0. The minimum atomic E-state index is -0.359. The number of imidazole rings is 1. The zero-order valence-electron chi connectivity index (χ0n) is 14.2. The number of hydrogen-bond acceptors (Lipinski definition) is 3. The monoisotopic (exact) mass is 490 g/mol. The van der Waals surface area contributed by atoms with Crippen molar-refractivity contribution in [3.8, 4) is 0 Å². The molecule has 4 rings (SSSR count). The molecule has 1 N–H and O–H groups in total. The summed E-state index contributed by atoms with van der Waals surface area (Å²) in [4.78, 5) is 31.0. The number of rotatable bonds is 4. The fraction of sp³-hybridized carbons (Fsp3) is 0.211. The zero-order valence-corrected chi connectivity index (χ0v) is 17.4. The summed E-state index contributed by atoms with van der Waals surface area (Å²) in [6.45, 7) is 0.721. The maximum absolute atomic E-state index is 12.5. The van der Waals surface area contributed by atoms with E-state index in [0.29, 0.717) is 13.1 Å². The Labute approximate surface area is 172 Å². The summed E-state index contributed by atoms with van der Waals surface area (Å²) >= 11 is 6.84. The zero-order chi connectivity index (χ0) is 19.0. The quantitative estimate of drug-likeness (QED) is 0.607. The summed E-state index contributed by atoms with van der Waals surface area (Å²) in [6, 6.07) is 11.4. The Hall–Kier alpha value is -2.19. The number of aromatic nitrogens is 2. The first-order chi connectivity index (χ1) is 13.0. The number of hydrogen-bond donors (Lipinski definition) is 1. The van der Waals surface area contributed by atoms with E-state index in [9.17, 15) is 9.59 Å². The summed E-state index contributed by atoms with van der Waals surface area (Å²) in [6.07, 6.45) is 4.02. The molecule has 2 amide bonds. The Kier molecular flexibility index (Phi) is 5.01. The van der Waals surface area contributed by atoms with E-state index in [1.807, 2.05) is 53.2 Å². The Morgan fingerprint density at radius 1 is 1.19 bits per heavy atom. The van der Waals surface area contributed by atoms with Crippen molar-refractivity contribution in [1.82, 2.24) is 14.7 Å². The minimum Gasteiger partial charge on any atom is -0.350 e. The van der Waals surface area contributed by atoms with Gasteiger partial charge < -0.3 is 14.6 Å². The highest BCUT2D eigenvalue weighted by Crippen LogP contribution is 2.27. The van der Waals surface area contributed by atoms with Gasteiger partial charge in [0.1, 0.15) is 5.65 Å². The first kappa shape index (κ1) is 18.2. The van der Waals surface area contributed by atoms with Crippen LogP contribution in [0.1, 0.15) is 12.1 Å². The summed E-state index contributed by atoms with van der Waals surface area (Å²) < 4.78 is 3.76. The van der Waals surface area contributed by atoms with Crippen molar-refractivity contribution in [1.29, 1.82) is 0 Å². The smallest absolute Gasteiger partial charge is 0.227 e. The normalized spacial score (nSPS) is 16.9. The van der Waals surface area contributed by atoms with Gasteiger partial charge in [-0.2, -0.15) is 0 Å². The molecule has 0 aliphatic carbocycles. The van der Waals surface area contributed by atoms with Gasteiger partial charge in [0.05, 0.1) is 18.2 Å². The number of benzene rings is 1. The van der Waals surface area contributed by atoms with Gasteiger partial charge in [0.25, 0.3) is 0 Å². The van der Waals surface area contributed by atoms with E-state index in [1.54, 1.807) is 4.90 Å². The van der Waals surface area contributed by atoms with Crippen LogP contribution in [0.25, 0.3) is 5.65 Å². The summed E-state index contributed by atoms with van der Waals surface area (Å²) in [5.74, 6) is -0.521. The Morgan fingerprint density at radius 3 is 2.85 bits per heavy atom. The van der Waals surface area contributed by atoms with Gasteiger partial charge >= 0.3 is 0 Å². The molecule has 1 fully saturated rings. The number of halogens is 2. The molecule has 27 heavy (non-hydrogen) atoms. The van der Waals surface area contributed by atoms with Crippen molar-refractivity contribution in [2.24, 2.45) is 5.92 Å². The van der Waals surface area contributed by atoms with E-state index in [4.69, 9.17) is 0 Å². The van der Waals surface area contributed by atoms with E-state index < -0.39 is 0 Å². The molecule has 1 atom stereocenters. The Bertz CT molecular complexity index is 1030. The number of anilines is 1. The number of nitrogens with one attached hydrogen (secondary N) is 1. The van der Waals surface area contributed by atoms with E-state index in [1.165, 1.54) is 0 Å². The molecule has 1 aromatic carbocycles. The molecule has 1 saturated heterocycles. The van der Waals surface area contributed by atoms with E-state index in [-0.39, 0.29) is 24.2 Å². The third-order valence-corrected chi connectivity index (χ3v) is 5.49. The summed E-state index contributed by atoms with van der Waals surface area (Å²) in [5, 5.41) is 2.91. The van der Waals surface area contributed by atoms with Crippen LogP contribution in [-0.2, 0) is 16.1 Å². The second-order valence-corrected chi connectivity index (χ2v) is 8.28. The average molecular weight is 492 g/mol. The van der Waals surface area contributed by atoms with Gasteiger partial charge in [-0.1, -0.05) is 22.0 Å². The molecule has 1 aliphatic heterocycles. The van der Waals surface area contributed by atoms with Gasteiger partial charge in [-0.05, 0) is 46.3 Å². The van der Waals surface area contributed by atoms with Crippen LogP contribution in [-0.4, -0.2) is 27.7 Å². The van der Waals surface area contributed by atoms with Gasteiger partial charge in [-0.3, -0.25) is 9.59 Å². The van der Waals surface area contributed by atoms with Crippen LogP contribution in [0.2, 0.25) is 0 Å². The molecular weight excluding hydrogens is 476 g/mol. The van der Waals surface area contributed by atoms with Crippen molar-refractivity contribution < 1.29 is 9.59 Å². The van der Waals surface area contributed by atoms with E-state index in [2.05, 4.69) is 42.2 Å². The molecule has 1 aliphatic rings. The van der Waals surface area contributed by atoms with Crippen molar-refractivity contribution in [2.75, 3.05) is 11.4 Å².